The molecule has 6 heteroatoms. The molecule has 2 aliphatic heterocycles. The van der Waals surface area contributed by atoms with Gasteiger partial charge in [0.05, 0.1) is 5.56 Å². The van der Waals surface area contributed by atoms with E-state index in [0.717, 1.165) is 56.0 Å². The van der Waals surface area contributed by atoms with Crippen molar-refractivity contribution in [2.24, 2.45) is 17.3 Å². The molecule has 1 spiro atoms. The zero-order valence-electron chi connectivity index (χ0n) is 15.8. The topological polar surface area (TPSA) is 61.4 Å². The molecule has 3 aliphatic carbocycles. The Hall–Kier alpha value is -1.69. The summed E-state index contributed by atoms with van der Waals surface area (Å²) in [6, 6.07) is 7.74. The molecule has 1 saturated heterocycles. The molecule has 0 unspecified atom stereocenters. The second kappa shape index (κ2) is 6.16. The molecule has 0 aromatic heterocycles. The van der Waals surface area contributed by atoms with Crippen LogP contribution < -0.4 is 10.6 Å². The SMILES string of the molecule is C[C@@]12CC[C@@H](C[C@H]1C(=O)N1CCSCC1)[C@]1(C2)NC(=O)c2ccccc2N1. The molecule has 2 heterocycles. The third-order valence-corrected chi connectivity index (χ3v) is 8.23. The van der Waals surface area contributed by atoms with E-state index in [1.807, 2.05) is 36.0 Å². The van der Waals surface area contributed by atoms with Crippen molar-refractivity contribution in [3.8, 4) is 0 Å². The van der Waals surface area contributed by atoms with Gasteiger partial charge in [-0.1, -0.05) is 19.1 Å². The quantitative estimate of drug-likeness (QED) is 0.780. The van der Waals surface area contributed by atoms with Gasteiger partial charge in [0.2, 0.25) is 5.91 Å². The van der Waals surface area contributed by atoms with E-state index in [0.29, 0.717) is 17.4 Å². The van der Waals surface area contributed by atoms with Crippen LogP contribution in [0.15, 0.2) is 24.3 Å². The van der Waals surface area contributed by atoms with Crippen molar-refractivity contribution in [3.05, 3.63) is 29.8 Å². The highest BCUT2D eigenvalue weighted by Crippen LogP contribution is 2.58. The van der Waals surface area contributed by atoms with Gasteiger partial charge in [-0.15, -0.1) is 0 Å². The summed E-state index contributed by atoms with van der Waals surface area (Å²) in [5.41, 5.74) is 1.16. The summed E-state index contributed by atoms with van der Waals surface area (Å²) in [5, 5.41) is 6.98. The summed E-state index contributed by atoms with van der Waals surface area (Å²) in [4.78, 5) is 28.2. The largest absolute Gasteiger partial charge is 0.362 e. The summed E-state index contributed by atoms with van der Waals surface area (Å²) >= 11 is 1.94. The van der Waals surface area contributed by atoms with Crippen LogP contribution in [0, 0.1) is 17.3 Å². The van der Waals surface area contributed by atoms with Crippen molar-refractivity contribution >= 4 is 29.3 Å². The number of benzene rings is 1. The van der Waals surface area contributed by atoms with Crippen LogP contribution in [-0.4, -0.2) is 47.0 Å². The van der Waals surface area contributed by atoms with Gasteiger partial charge >= 0.3 is 0 Å². The number of carbonyl (C=O) groups excluding carboxylic acids is 2. The zero-order chi connectivity index (χ0) is 18.6. The third-order valence-electron chi connectivity index (χ3n) is 7.29. The minimum absolute atomic E-state index is 0.0106. The lowest BCUT2D eigenvalue weighted by molar-refractivity contribution is -0.150. The standard InChI is InChI=1S/C21H27N3O2S/c1-20-7-6-14(12-16(20)19(26)24-8-10-27-11-9-24)21(13-20)22-17-5-3-2-4-15(17)18(25)23-21/h2-5,14,16,22H,6-13H2,1H3,(H,23,25)/t14-,16-,20-,21-/m0/s1. The van der Waals surface area contributed by atoms with Crippen LogP contribution in [0.4, 0.5) is 5.69 Å². The van der Waals surface area contributed by atoms with Crippen molar-refractivity contribution in [2.75, 3.05) is 29.9 Å². The van der Waals surface area contributed by atoms with Gasteiger partial charge in [0.25, 0.3) is 5.91 Å². The maximum absolute atomic E-state index is 13.3. The number of hydrogen-bond donors (Lipinski definition) is 2. The van der Waals surface area contributed by atoms with Gasteiger partial charge in [-0.25, -0.2) is 0 Å². The highest BCUT2D eigenvalue weighted by atomic mass is 32.2. The lowest BCUT2D eigenvalue weighted by Gasteiger charge is -2.61. The Morgan fingerprint density at radius 3 is 2.78 bits per heavy atom. The highest BCUT2D eigenvalue weighted by molar-refractivity contribution is 7.99. The summed E-state index contributed by atoms with van der Waals surface area (Å²) in [5.74, 6) is 2.84. The van der Waals surface area contributed by atoms with Crippen LogP contribution in [0.25, 0.3) is 0 Å². The number of nitrogens with one attached hydrogen (secondary N) is 2. The van der Waals surface area contributed by atoms with E-state index >= 15 is 0 Å². The second-order valence-corrected chi connectivity index (χ2v) is 10.1. The van der Waals surface area contributed by atoms with E-state index in [1.165, 1.54) is 0 Å². The van der Waals surface area contributed by atoms with E-state index in [2.05, 4.69) is 22.5 Å². The molecule has 27 heavy (non-hydrogen) atoms. The van der Waals surface area contributed by atoms with Crippen molar-refractivity contribution in [1.29, 1.82) is 0 Å². The number of hydrogen-bond acceptors (Lipinski definition) is 4. The maximum atomic E-state index is 13.3. The fourth-order valence-corrected chi connectivity index (χ4v) is 6.74. The Morgan fingerprint density at radius 2 is 2.00 bits per heavy atom. The van der Waals surface area contributed by atoms with Crippen molar-refractivity contribution in [1.82, 2.24) is 10.2 Å². The summed E-state index contributed by atoms with van der Waals surface area (Å²) in [6.45, 7) is 4.03. The van der Waals surface area contributed by atoms with Gasteiger partial charge in [0, 0.05) is 42.1 Å². The Bertz CT molecular complexity index is 793. The fourth-order valence-electron chi connectivity index (χ4n) is 5.83. The predicted octanol–water partition coefficient (Wildman–Crippen LogP) is 2.94. The first kappa shape index (κ1) is 17.4. The average molecular weight is 386 g/mol. The number of carbonyl (C=O) groups is 2. The Kier molecular flexibility index (Phi) is 3.97. The van der Waals surface area contributed by atoms with Crippen LogP contribution in [0.5, 0.6) is 0 Å². The third kappa shape index (κ3) is 2.67. The number of para-hydroxylation sites is 1. The Morgan fingerprint density at radius 1 is 1.22 bits per heavy atom. The summed E-state index contributed by atoms with van der Waals surface area (Å²) in [7, 11) is 0. The van der Waals surface area contributed by atoms with Crippen molar-refractivity contribution in [2.45, 2.75) is 38.3 Å². The van der Waals surface area contributed by atoms with Crippen molar-refractivity contribution in [3.63, 3.8) is 0 Å². The molecule has 4 fully saturated rings. The number of rotatable bonds is 1. The van der Waals surface area contributed by atoms with Gasteiger partial charge in [-0.3, -0.25) is 9.59 Å². The lowest BCUT2D eigenvalue weighted by Crippen LogP contribution is -2.70. The Labute approximate surface area is 164 Å². The second-order valence-electron chi connectivity index (χ2n) is 8.89. The van der Waals surface area contributed by atoms with Crippen LogP contribution in [-0.2, 0) is 4.79 Å². The summed E-state index contributed by atoms with van der Waals surface area (Å²) in [6.07, 6.45) is 3.82. The lowest BCUT2D eigenvalue weighted by atomic mass is 9.51. The molecular weight excluding hydrogens is 358 g/mol. The van der Waals surface area contributed by atoms with Gasteiger partial charge in [0.15, 0.2) is 0 Å². The van der Waals surface area contributed by atoms with Gasteiger partial charge in [-0.05, 0) is 43.2 Å². The summed E-state index contributed by atoms with van der Waals surface area (Å²) < 4.78 is 0. The molecule has 6 rings (SSSR count). The van der Waals surface area contributed by atoms with E-state index in [4.69, 9.17) is 0 Å². The normalized spacial score (nSPS) is 37.5. The molecular formula is C21H27N3O2S. The van der Waals surface area contributed by atoms with Crippen LogP contribution in [0.1, 0.15) is 43.0 Å². The average Bonchev–Trinajstić information content (AvgIpc) is 2.68. The zero-order valence-corrected chi connectivity index (χ0v) is 16.6. The van der Waals surface area contributed by atoms with Gasteiger partial charge in [-0.2, -0.15) is 11.8 Å². The number of fused-ring (bicyclic) bond motifs is 3. The molecule has 5 aliphatic rings. The molecule has 144 valence electrons. The monoisotopic (exact) mass is 385 g/mol. The number of nitrogens with zero attached hydrogens (tertiary/aromatic N) is 1. The Balaban J connectivity index is 1.43. The fraction of sp³-hybridized carbons (Fsp3) is 0.619. The van der Waals surface area contributed by atoms with Crippen LogP contribution in [0.2, 0.25) is 0 Å². The first-order valence-electron chi connectivity index (χ1n) is 10.1. The highest BCUT2D eigenvalue weighted by Gasteiger charge is 2.60. The van der Waals surface area contributed by atoms with Crippen LogP contribution in [0.3, 0.4) is 0 Å². The predicted molar refractivity (Wildman–Crippen MR) is 108 cm³/mol. The first-order chi connectivity index (χ1) is 13.0. The van der Waals surface area contributed by atoms with Crippen LogP contribution >= 0.6 is 11.8 Å². The molecule has 1 aromatic rings. The molecule has 2 bridgehead atoms. The minimum Gasteiger partial charge on any atom is -0.362 e. The van der Waals surface area contributed by atoms with E-state index in [-0.39, 0.29) is 17.2 Å². The molecule has 0 radical (unpaired) electrons. The molecule has 4 atom stereocenters. The first-order valence-corrected chi connectivity index (χ1v) is 11.2. The molecule has 5 nitrogen and oxygen atoms in total. The molecule has 1 aromatic carbocycles. The maximum Gasteiger partial charge on any atom is 0.255 e. The smallest absolute Gasteiger partial charge is 0.255 e. The molecule has 2 N–H and O–H groups in total. The van der Waals surface area contributed by atoms with Gasteiger partial charge < -0.3 is 15.5 Å². The van der Waals surface area contributed by atoms with E-state index < -0.39 is 5.66 Å². The number of amides is 2. The molecule has 3 saturated carbocycles. The minimum atomic E-state index is -0.410. The van der Waals surface area contributed by atoms with Crippen molar-refractivity contribution < 1.29 is 9.59 Å². The number of thioether (sulfide) groups is 1. The number of anilines is 1. The molecule has 2 amide bonds. The van der Waals surface area contributed by atoms with E-state index in [9.17, 15) is 9.59 Å². The van der Waals surface area contributed by atoms with Gasteiger partial charge in [0.1, 0.15) is 5.66 Å². The van der Waals surface area contributed by atoms with E-state index in [1.54, 1.807) is 0 Å².